The molecule has 4 aliphatic carbocycles. The van der Waals surface area contributed by atoms with Crippen molar-refractivity contribution in [1.82, 2.24) is 14.8 Å². The Bertz CT molecular complexity index is 1320. The molecule has 3 fully saturated rings. The lowest BCUT2D eigenvalue weighted by Gasteiger charge is -2.61. The third-order valence-electron chi connectivity index (χ3n) is 10.3. The number of fused-ring (bicyclic) bond motifs is 6. The summed E-state index contributed by atoms with van der Waals surface area (Å²) in [6.45, 7) is 6.83. The molecule has 2 aromatic rings. The number of nitrogens with zero attached hydrogens (tertiary/aromatic N) is 4. The molecule has 37 heavy (non-hydrogen) atoms. The number of carbonyl (C=O) groups excluding carboxylic acids is 1. The first-order valence-electron chi connectivity index (χ1n) is 13.3. The molecule has 0 spiro atoms. The fourth-order valence-electron chi connectivity index (χ4n) is 8.91. The lowest BCUT2D eigenvalue weighted by atomic mass is 9.44. The van der Waals surface area contributed by atoms with E-state index in [9.17, 15) is 14.3 Å². The number of allylic oxidation sites excluding steroid dienone is 1. The highest BCUT2D eigenvalue weighted by atomic mass is 32.2. The van der Waals surface area contributed by atoms with Crippen LogP contribution in [0.25, 0.3) is 11.8 Å². The summed E-state index contributed by atoms with van der Waals surface area (Å²) in [4.78, 5) is 16.9. The molecule has 0 bridgehead atoms. The van der Waals surface area contributed by atoms with Gasteiger partial charge in [0.25, 0.3) is 0 Å². The Labute approximate surface area is 221 Å². The first kappa shape index (κ1) is 24.8. The van der Waals surface area contributed by atoms with E-state index >= 15 is 0 Å². The second kappa shape index (κ2) is 8.78. The van der Waals surface area contributed by atoms with E-state index in [4.69, 9.17) is 5.26 Å². The third-order valence-corrected chi connectivity index (χ3v) is 11.1. The Morgan fingerprint density at radius 2 is 2.14 bits per heavy atom. The molecule has 8 unspecified atom stereocenters. The molecule has 2 heterocycles. The lowest BCUT2D eigenvalue weighted by molar-refractivity contribution is -0.139. The maximum atomic E-state index is 13.4. The van der Waals surface area contributed by atoms with Gasteiger partial charge in [0.2, 0.25) is 5.95 Å². The van der Waals surface area contributed by atoms with Gasteiger partial charge < -0.3 is 5.11 Å². The molecule has 3 saturated carbocycles. The van der Waals surface area contributed by atoms with E-state index in [1.54, 1.807) is 6.07 Å². The summed E-state index contributed by atoms with van der Waals surface area (Å²) < 4.78 is 15.3. The number of halogens is 1. The van der Waals surface area contributed by atoms with Crippen LogP contribution in [0.1, 0.15) is 57.7 Å². The van der Waals surface area contributed by atoms with Crippen LogP contribution in [0.15, 0.2) is 30.1 Å². The standard InChI is InChI=1S/C29H33FN4O2S/c1-16-10-19-20-5-6-21(27(36)37-9-8-31)28(20,2)13-24(35)26(19)29(3)12-17-14-33-34(23(17)11-22(16)29)18-4-7-25(30)32-15-18/h4,7,11,14-16,19-21,24,26,35H,5-6,9-10,12-13H2,1-3H3. The van der Waals surface area contributed by atoms with Crippen molar-refractivity contribution in [3.8, 4) is 11.8 Å². The van der Waals surface area contributed by atoms with Crippen LogP contribution in [0.4, 0.5) is 4.39 Å². The molecular weight excluding hydrogens is 487 g/mol. The summed E-state index contributed by atoms with van der Waals surface area (Å²) in [5, 5.41) is 25.5. The number of thioether (sulfide) groups is 1. The van der Waals surface area contributed by atoms with E-state index in [1.165, 1.54) is 17.8 Å². The Hall–Kier alpha value is -2.50. The summed E-state index contributed by atoms with van der Waals surface area (Å²) in [7, 11) is 0. The number of rotatable bonds is 3. The smallest absolute Gasteiger partial charge is 0.212 e. The minimum atomic E-state index is -0.513. The van der Waals surface area contributed by atoms with Gasteiger partial charge >= 0.3 is 0 Å². The Morgan fingerprint density at radius 1 is 1.32 bits per heavy atom. The Balaban J connectivity index is 1.35. The summed E-state index contributed by atoms with van der Waals surface area (Å²) in [6.07, 6.45) is 9.48. The van der Waals surface area contributed by atoms with Gasteiger partial charge in [-0.3, -0.25) is 4.79 Å². The number of aliphatic hydroxyl groups excluding tert-OH is 1. The lowest BCUT2D eigenvalue weighted by Crippen LogP contribution is -2.58. The van der Waals surface area contributed by atoms with Crippen LogP contribution >= 0.6 is 11.8 Å². The number of aromatic nitrogens is 3. The quantitative estimate of drug-likeness (QED) is 0.559. The van der Waals surface area contributed by atoms with Crippen molar-refractivity contribution in [3.05, 3.63) is 47.3 Å². The average molecular weight is 521 g/mol. The summed E-state index contributed by atoms with van der Waals surface area (Å²) in [5.74, 6) is 0.796. The van der Waals surface area contributed by atoms with Gasteiger partial charge in [-0.15, -0.1) is 0 Å². The Morgan fingerprint density at radius 3 is 2.86 bits per heavy atom. The topological polar surface area (TPSA) is 91.8 Å². The molecule has 0 saturated heterocycles. The van der Waals surface area contributed by atoms with Gasteiger partial charge in [-0.05, 0) is 90.4 Å². The summed E-state index contributed by atoms with van der Waals surface area (Å²) in [5.41, 5.74) is 3.82. The van der Waals surface area contributed by atoms with Gasteiger partial charge in [0, 0.05) is 5.92 Å². The van der Waals surface area contributed by atoms with Crippen LogP contribution in [-0.2, 0) is 11.2 Å². The second-order valence-corrected chi connectivity index (χ2v) is 13.1. The molecule has 0 radical (unpaired) electrons. The van der Waals surface area contributed by atoms with Crippen LogP contribution in [0.3, 0.4) is 0 Å². The van der Waals surface area contributed by atoms with E-state index in [-0.39, 0.29) is 33.5 Å². The first-order valence-corrected chi connectivity index (χ1v) is 14.3. The fourth-order valence-corrected chi connectivity index (χ4v) is 9.71. The number of hydrogen-bond donors (Lipinski definition) is 1. The van der Waals surface area contributed by atoms with E-state index < -0.39 is 12.1 Å². The normalized spacial score (nSPS) is 38.0. The predicted octanol–water partition coefficient (Wildman–Crippen LogP) is 5.20. The molecule has 0 aromatic carbocycles. The molecule has 6 nitrogen and oxygen atoms in total. The number of carbonyl (C=O) groups is 1. The van der Waals surface area contributed by atoms with Crippen molar-refractivity contribution in [3.63, 3.8) is 0 Å². The van der Waals surface area contributed by atoms with E-state index in [2.05, 4.69) is 43.0 Å². The minimum Gasteiger partial charge on any atom is -0.393 e. The molecule has 194 valence electrons. The summed E-state index contributed by atoms with van der Waals surface area (Å²) in [6, 6.07) is 5.13. The third kappa shape index (κ3) is 3.64. The fraction of sp³-hybridized carbons (Fsp3) is 0.586. The Kier molecular flexibility index (Phi) is 5.89. The van der Waals surface area contributed by atoms with Gasteiger partial charge in [-0.1, -0.05) is 38.1 Å². The number of nitriles is 1. The van der Waals surface area contributed by atoms with Crippen LogP contribution < -0.4 is 0 Å². The van der Waals surface area contributed by atoms with Gasteiger partial charge in [0.15, 0.2) is 5.12 Å². The highest BCUT2D eigenvalue weighted by molar-refractivity contribution is 8.13. The van der Waals surface area contributed by atoms with E-state index in [0.717, 1.165) is 54.4 Å². The highest BCUT2D eigenvalue weighted by Gasteiger charge is 2.64. The molecule has 6 rings (SSSR count). The van der Waals surface area contributed by atoms with Crippen molar-refractivity contribution in [2.45, 2.75) is 59.0 Å². The first-order chi connectivity index (χ1) is 17.7. The highest BCUT2D eigenvalue weighted by Crippen LogP contribution is 2.67. The van der Waals surface area contributed by atoms with Gasteiger partial charge in [0.05, 0.1) is 41.7 Å². The van der Waals surface area contributed by atoms with Crippen molar-refractivity contribution in [2.24, 2.45) is 40.4 Å². The molecule has 0 aliphatic heterocycles. The molecule has 8 atom stereocenters. The maximum absolute atomic E-state index is 13.4. The van der Waals surface area contributed by atoms with Gasteiger partial charge in [0.1, 0.15) is 0 Å². The van der Waals surface area contributed by atoms with Gasteiger partial charge in [-0.2, -0.15) is 14.8 Å². The molecule has 0 amide bonds. The largest absolute Gasteiger partial charge is 0.393 e. The zero-order valence-electron chi connectivity index (χ0n) is 21.5. The monoisotopic (exact) mass is 520 g/mol. The maximum Gasteiger partial charge on any atom is 0.212 e. The molecule has 1 N–H and O–H groups in total. The van der Waals surface area contributed by atoms with Crippen molar-refractivity contribution >= 4 is 23.0 Å². The van der Waals surface area contributed by atoms with Crippen LogP contribution in [0.2, 0.25) is 0 Å². The van der Waals surface area contributed by atoms with Crippen LogP contribution in [0, 0.1) is 57.7 Å². The van der Waals surface area contributed by atoms with E-state index in [0.29, 0.717) is 24.2 Å². The molecule has 8 heteroatoms. The zero-order valence-corrected chi connectivity index (χ0v) is 22.3. The average Bonchev–Trinajstić information content (AvgIpc) is 3.41. The second-order valence-electron chi connectivity index (χ2n) is 12.1. The molecular formula is C29H33FN4O2S. The number of hydrogen-bond acceptors (Lipinski definition) is 6. The zero-order chi connectivity index (χ0) is 26.1. The van der Waals surface area contributed by atoms with Crippen LogP contribution in [0.5, 0.6) is 0 Å². The number of pyridine rings is 1. The minimum absolute atomic E-state index is 0.0907. The van der Waals surface area contributed by atoms with Crippen LogP contribution in [-0.4, -0.2) is 36.8 Å². The predicted molar refractivity (Wildman–Crippen MR) is 140 cm³/mol. The SMILES string of the molecule is CC1CC2C(C(O)CC3(C)C(C(=O)SCC#N)CCC23)C2(C)Cc3cnn(-c4ccc(F)nc4)c3C=C12. The summed E-state index contributed by atoms with van der Waals surface area (Å²) >= 11 is 1.14. The number of aliphatic hydroxyl groups is 1. The van der Waals surface area contributed by atoms with Crippen molar-refractivity contribution < 1.29 is 14.3 Å². The molecule has 2 aromatic heterocycles. The molecule has 4 aliphatic rings. The van der Waals surface area contributed by atoms with Crippen molar-refractivity contribution in [2.75, 3.05) is 5.75 Å². The van der Waals surface area contributed by atoms with Gasteiger partial charge in [-0.25, -0.2) is 9.67 Å². The van der Waals surface area contributed by atoms with Crippen molar-refractivity contribution in [1.29, 1.82) is 5.26 Å². The van der Waals surface area contributed by atoms with E-state index in [1.807, 2.05) is 10.9 Å².